The fourth-order valence-corrected chi connectivity index (χ4v) is 1.35. The summed E-state index contributed by atoms with van der Waals surface area (Å²) in [6.07, 6.45) is 2.19. The maximum atomic E-state index is 8.57. The van der Waals surface area contributed by atoms with Crippen molar-refractivity contribution in [2.75, 3.05) is 0 Å². The molecule has 0 bridgehead atoms. The number of rotatable bonds is 4. The van der Waals surface area contributed by atoms with Crippen molar-refractivity contribution in [2.45, 2.75) is 18.9 Å². The van der Waals surface area contributed by atoms with Gasteiger partial charge in [-0.3, -0.25) is 0 Å². The Labute approximate surface area is 70.0 Å². The molecule has 0 unspecified atom stereocenters. The molecule has 1 aromatic carbocycles. The molecule has 0 aliphatic carbocycles. The van der Waals surface area contributed by atoms with E-state index in [0.29, 0.717) is 0 Å². The second-order valence-electron chi connectivity index (χ2n) is 2.50. The second-order valence-corrected chi connectivity index (χ2v) is 3.31. The molecule has 0 saturated heterocycles. The van der Waals surface area contributed by atoms with Crippen LogP contribution in [0.1, 0.15) is 12.0 Å². The van der Waals surface area contributed by atoms with Gasteiger partial charge in [-0.25, -0.2) is 0 Å². The summed E-state index contributed by atoms with van der Waals surface area (Å²) in [5.41, 5.74) is 1.37. The molecule has 1 rings (SSSR count). The summed E-state index contributed by atoms with van der Waals surface area (Å²) in [6.45, 7) is 0. The molecule has 0 fully saturated rings. The van der Waals surface area contributed by atoms with E-state index in [1.165, 1.54) is 5.56 Å². The van der Waals surface area contributed by atoms with Crippen molar-refractivity contribution >= 4 is 9.76 Å². The zero-order chi connectivity index (χ0) is 7.94. The third kappa shape index (κ3) is 3.35. The van der Waals surface area contributed by atoms with Gasteiger partial charge >= 0.3 is 0 Å². The van der Waals surface area contributed by atoms with Gasteiger partial charge in [0.15, 0.2) is 0 Å². The fraction of sp³-hybridized carbons (Fsp3) is 0.333. The Hall–Kier alpha value is -0.603. The van der Waals surface area contributed by atoms with Crippen molar-refractivity contribution in [2.24, 2.45) is 0 Å². The third-order valence-electron chi connectivity index (χ3n) is 1.60. The molecule has 0 aliphatic rings. The molecule has 0 aromatic heterocycles. The molecular formula is C9H12OSi. The van der Waals surface area contributed by atoms with Gasteiger partial charge in [-0.1, -0.05) is 30.3 Å². The number of aryl methyl sites for hydroxylation is 1. The van der Waals surface area contributed by atoms with Crippen LogP contribution in [-0.4, -0.2) is 14.6 Å². The van der Waals surface area contributed by atoms with Crippen molar-refractivity contribution < 1.29 is 4.80 Å². The normalized spacial score (nSPS) is 9.91. The summed E-state index contributed by atoms with van der Waals surface area (Å²) in [7, 11) is 0.109. The molecule has 0 heterocycles. The molecule has 1 nitrogen and oxygen atoms in total. The van der Waals surface area contributed by atoms with E-state index in [2.05, 4.69) is 24.3 Å². The van der Waals surface area contributed by atoms with Crippen LogP contribution in [0.5, 0.6) is 0 Å². The van der Waals surface area contributed by atoms with E-state index in [-0.39, 0.29) is 9.76 Å². The topological polar surface area (TPSA) is 20.2 Å². The van der Waals surface area contributed by atoms with Crippen LogP contribution in [0.2, 0.25) is 6.04 Å². The highest BCUT2D eigenvalue weighted by Gasteiger charge is 1.90. The van der Waals surface area contributed by atoms with Crippen molar-refractivity contribution in [3.8, 4) is 0 Å². The molecule has 1 aromatic rings. The zero-order valence-electron chi connectivity index (χ0n) is 6.46. The van der Waals surface area contributed by atoms with Crippen LogP contribution in [0.25, 0.3) is 0 Å². The Morgan fingerprint density at radius 1 is 1.18 bits per heavy atom. The molecule has 0 saturated carbocycles. The Bertz CT molecular complexity index is 186. The highest BCUT2D eigenvalue weighted by Crippen LogP contribution is 2.03. The first-order valence-corrected chi connectivity index (χ1v) is 5.00. The van der Waals surface area contributed by atoms with Crippen LogP contribution in [0.4, 0.5) is 0 Å². The minimum atomic E-state index is 0.109. The standard InChI is InChI=1S/C9H12OSi/c10-11-8-4-7-9-5-2-1-3-6-9/h1-3,5-6,10H,4,7-8H2. The van der Waals surface area contributed by atoms with Gasteiger partial charge in [-0.15, -0.1) is 0 Å². The molecule has 0 spiro atoms. The molecule has 2 radical (unpaired) electrons. The van der Waals surface area contributed by atoms with Crippen LogP contribution in [-0.2, 0) is 6.42 Å². The average molecular weight is 164 g/mol. The van der Waals surface area contributed by atoms with Gasteiger partial charge in [0, 0.05) is 0 Å². The third-order valence-corrected chi connectivity index (χ3v) is 2.17. The van der Waals surface area contributed by atoms with Crippen LogP contribution in [0.3, 0.4) is 0 Å². The molecule has 0 amide bonds. The minimum absolute atomic E-state index is 0.109. The number of benzene rings is 1. The van der Waals surface area contributed by atoms with Gasteiger partial charge in [0.25, 0.3) is 0 Å². The fourth-order valence-electron chi connectivity index (χ4n) is 1.02. The summed E-state index contributed by atoms with van der Waals surface area (Å²) in [5.74, 6) is 0. The second kappa shape index (κ2) is 5.10. The predicted molar refractivity (Wildman–Crippen MR) is 47.5 cm³/mol. The molecule has 0 aliphatic heterocycles. The first-order chi connectivity index (χ1) is 5.43. The monoisotopic (exact) mass is 164 g/mol. The van der Waals surface area contributed by atoms with E-state index in [9.17, 15) is 0 Å². The van der Waals surface area contributed by atoms with Crippen LogP contribution < -0.4 is 0 Å². The molecule has 0 atom stereocenters. The van der Waals surface area contributed by atoms with E-state index >= 15 is 0 Å². The Kier molecular flexibility index (Phi) is 3.94. The lowest BCUT2D eigenvalue weighted by molar-refractivity contribution is 0.596. The average Bonchev–Trinajstić information content (AvgIpc) is 2.07. The molecule has 11 heavy (non-hydrogen) atoms. The van der Waals surface area contributed by atoms with E-state index in [0.717, 1.165) is 18.9 Å². The van der Waals surface area contributed by atoms with Crippen molar-refractivity contribution in [1.82, 2.24) is 0 Å². The molecule has 1 N–H and O–H groups in total. The Morgan fingerprint density at radius 2 is 1.91 bits per heavy atom. The van der Waals surface area contributed by atoms with E-state index < -0.39 is 0 Å². The first-order valence-electron chi connectivity index (χ1n) is 3.84. The lowest BCUT2D eigenvalue weighted by atomic mass is 10.1. The lowest BCUT2D eigenvalue weighted by Gasteiger charge is -1.97. The SMILES string of the molecule is O[Si]CCCc1ccccc1. The lowest BCUT2D eigenvalue weighted by Crippen LogP contribution is -1.89. The highest BCUT2D eigenvalue weighted by atomic mass is 28.2. The predicted octanol–water partition coefficient (Wildman–Crippen LogP) is 1.65. The van der Waals surface area contributed by atoms with Crippen LogP contribution >= 0.6 is 0 Å². The van der Waals surface area contributed by atoms with Gasteiger partial charge in [0.1, 0.15) is 0 Å². The quantitative estimate of drug-likeness (QED) is 0.530. The summed E-state index contributed by atoms with van der Waals surface area (Å²) >= 11 is 0. The van der Waals surface area contributed by atoms with Crippen molar-refractivity contribution in [1.29, 1.82) is 0 Å². The summed E-state index contributed by atoms with van der Waals surface area (Å²) < 4.78 is 0. The number of hydrogen-bond acceptors (Lipinski definition) is 1. The first kappa shape index (κ1) is 8.49. The van der Waals surface area contributed by atoms with Gasteiger partial charge in [0.2, 0.25) is 9.76 Å². The van der Waals surface area contributed by atoms with Crippen LogP contribution in [0.15, 0.2) is 30.3 Å². The van der Waals surface area contributed by atoms with Gasteiger partial charge < -0.3 is 4.80 Å². The minimum Gasteiger partial charge on any atom is -0.432 e. The number of hydrogen-bond donors (Lipinski definition) is 1. The summed E-state index contributed by atoms with van der Waals surface area (Å²) in [4.78, 5) is 8.57. The van der Waals surface area contributed by atoms with E-state index in [1.54, 1.807) is 0 Å². The van der Waals surface area contributed by atoms with Gasteiger partial charge in [-0.05, 0) is 24.4 Å². The smallest absolute Gasteiger partial charge is 0.224 e. The summed E-state index contributed by atoms with van der Waals surface area (Å²) in [5, 5.41) is 0. The maximum absolute atomic E-state index is 8.57. The van der Waals surface area contributed by atoms with E-state index in [4.69, 9.17) is 4.80 Å². The molecule has 2 heteroatoms. The summed E-state index contributed by atoms with van der Waals surface area (Å²) in [6, 6.07) is 11.3. The largest absolute Gasteiger partial charge is 0.432 e. The van der Waals surface area contributed by atoms with E-state index in [1.807, 2.05) is 6.07 Å². The molecular weight excluding hydrogens is 152 g/mol. The van der Waals surface area contributed by atoms with Crippen molar-refractivity contribution in [3.63, 3.8) is 0 Å². The Morgan fingerprint density at radius 3 is 2.55 bits per heavy atom. The van der Waals surface area contributed by atoms with Gasteiger partial charge in [-0.2, -0.15) is 0 Å². The van der Waals surface area contributed by atoms with Gasteiger partial charge in [0.05, 0.1) is 0 Å². The Balaban J connectivity index is 2.28. The zero-order valence-corrected chi connectivity index (χ0v) is 7.46. The maximum Gasteiger partial charge on any atom is 0.224 e. The van der Waals surface area contributed by atoms with Crippen LogP contribution in [0, 0.1) is 0 Å². The van der Waals surface area contributed by atoms with Crippen molar-refractivity contribution in [3.05, 3.63) is 35.9 Å². The molecule has 58 valence electrons. The highest BCUT2D eigenvalue weighted by molar-refractivity contribution is 6.25.